The number of methoxy groups -OCH3 is 1. The van der Waals surface area contributed by atoms with Gasteiger partial charge in [-0.05, 0) is 42.3 Å². The van der Waals surface area contributed by atoms with E-state index in [0.717, 1.165) is 5.56 Å². The Morgan fingerprint density at radius 1 is 1.00 bits per heavy atom. The first-order chi connectivity index (χ1) is 14.9. The van der Waals surface area contributed by atoms with E-state index in [1.807, 2.05) is 13.0 Å². The molecule has 0 bridgehead atoms. The first-order valence-electron chi connectivity index (χ1n) is 9.69. The highest BCUT2D eigenvalue weighted by atomic mass is 35.5. The van der Waals surface area contributed by atoms with Crippen molar-refractivity contribution < 1.29 is 19.4 Å². The lowest BCUT2D eigenvalue weighted by Crippen LogP contribution is -2.29. The number of aliphatic hydroxyl groups is 1. The fraction of sp³-hybridized carbons (Fsp3) is 0.120. The number of anilines is 1. The summed E-state index contributed by atoms with van der Waals surface area (Å²) < 4.78 is 5.23. The van der Waals surface area contributed by atoms with Crippen LogP contribution < -0.4 is 9.64 Å². The van der Waals surface area contributed by atoms with Gasteiger partial charge in [0.1, 0.15) is 11.5 Å². The predicted molar refractivity (Wildman–Crippen MR) is 120 cm³/mol. The van der Waals surface area contributed by atoms with Crippen LogP contribution in [0, 0.1) is 6.92 Å². The maximum Gasteiger partial charge on any atom is 0.300 e. The molecule has 31 heavy (non-hydrogen) atoms. The van der Waals surface area contributed by atoms with E-state index in [2.05, 4.69) is 0 Å². The van der Waals surface area contributed by atoms with Crippen LogP contribution in [0.3, 0.4) is 0 Å². The molecule has 1 aliphatic rings. The normalized spacial score (nSPS) is 17.8. The summed E-state index contributed by atoms with van der Waals surface area (Å²) in [5, 5.41) is 11.5. The van der Waals surface area contributed by atoms with Gasteiger partial charge in [-0.3, -0.25) is 14.5 Å². The largest absolute Gasteiger partial charge is 0.507 e. The summed E-state index contributed by atoms with van der Waals surface area (Å²) in [6.07, 6.45) is 0. The van der Waals surface area contributed by atoms with Gasteiger partial charge in [0.2, 0.25) is 0 Å². The number of halogens is 1. The van der Waals surface area contributed by atoms with Crippen molar-refractivity contribution in [3.8, 4) is 5.75 Å². The number of carbonyl (C=O) groups excluding carboxylic acids is 2. The van der Waals surface area contributed by atoms with Crippen LogP contribution in [0.2, 0.25) is 5.02 Å². The lowest BCUT2D eigenvalue weighted by molar-refractivity contribution is -0.132. The molecule has 156 valence electrons. The van der Waals surface area contributed by atoms with Gasteiger partial charge >= 0.3 is 0 Å². The Bertz CT molecular complexity index is 1190. The fourth-order valence-electron chi connectivity index (χ4n) is 3.68. The number of aryl methyl sites for hydroxylation is 1. The maximum atomic E-state index is 13.1. The number of rotatable bonds is 4. The molecule has 0 saturated carbocycles. The first-order valence-corrected chi connectivity index (χ1v) is 10.1. The van der Waals surface area contributed by atoms with Gasteiger partial charge < -0.3 is 9.84 Å². The van der Waals surface area contributed by atoms with Crippen molar-refractivity contribution in [2.45, 2.75) is 13.0 Å². The van der Waals surface area contributed by atoms with Crippen molar-refractivity contribution in [2.24, 2.45) is 0 Å². The van der Waals surface area contributed by atoms with Gasteiger partial charge in [-0.15, -0.1) is 0 Å². The molecule has 0 aromatic heterocycles. The average Bonchev–Trinajstić information content (AvgIpc) is 3.06. The van der Waals surface area contributed by atoms with Gasteiger partial charge in [-0.1, -0.05) is 60.1 Å². The minimum absolute atomic E-state index is 0.0260. The maximum absolute atomic E-state index is 13.1. The van der Waals surface area contributed by atoms with Crippen molar-refractivity contribution in [1.29, 1.82) is 0 Å². The number of carbonyl (C=O) groups is 2. The van der Waals surface area contributed by atoms with Crippen LogP contribution in [0.25, 0.3) is 5.76 Å². The number of ether oxygens (including phenoxy) is 1. The van der Waals surface area contributed by atoms with E-state index in [9.17, 15) is 14.7 Å². The molecule has 0 spiro atoms. The Morgan fingerprint density at radius 3 is 2.29 bits per heavy atom. The van der Waals surface area contributed by atoms with E-state index < -0.39 is 17.7 Å². The molecule has 1 amide bonds. The van der Waals surface area contributed by atoms with E-state index in [1.165, 1.54) is 4.90 Å². The molecule has 1 fully saturated rings. The minimum Gasteiger partial charge on any atom is -0.507 e. The lowest BCUT2D eigenvalue weighted by Gasteiger charge is -2.26. The highest BCUT2D eigenvalue weighted by molar-refractivity contribution is 6.51. The first kappa shape index (κ1) is 20.7. The van der Waals surface area contributed by atoms with Crippen LogP contribution >= 0.6 is 11.6 Å². The number of ketones is 1. The molecule has 1 N–H and O–H groups in total. The van der Waals surface area contributed by atoms with Crippen LogP contribution in [-0.2, 0) is 9.59 Å². The summed E-state index contributed by atoms with van der Waals surface area (Å²) >= 11 is 6.30. The topological polar surface area (TPSA) is 66.8 Å². The zero-order valence-corrected chi connectivity index (χ0v) is 17.8. The Labute approximate surface area is 185 Å². The molecule has 1 atom stereocenters. The molecule has 3 aromatic carbocycles. The zero-order chi connectivity index (χ0) is 22.1. The van der Waals surface area contributed by atoms with Crippen LogP contribution in [0.5, 0.6) is 5.75 Å². The van der Waals surface area contributed by atoms with E-state index in [1.54, 1.807) is 73.8 Å². The number of hydrogen-bond donors (Lipinski definition) is 1. The van der Waals surface area contributed by atoms with Gasteiger partial charge in [0.05, 0.1) is 18.7 Å². The second-order valence-corrected chi connectivity index (χ2v) is 7.65. The van der Waals surface area contributed by atoms with Crippen molar-refractivity contribution in [3.05, 3.63) is 100 Å². The summed E-state index contributed by atoms with van der Waals surface area (Å²) in [6, 6.07) is 20.1. The fourth-order valence-corrected chi connectivity index (χ4v) is 3.86. The SMILES string of the molecule is COc1ccc([C@H]2/C(=C(\O)c3ccccc3)C(=O)C(=O)N2c2ccc(C)c(Cl)c2)cc1. The molecular formula is C25H20ClNO4. The predicted octanol–water partition coefficient (Wildman–Crippen LogP) is 5.28. The summed E-state index contributed by atoms with van der Waals surface area (Å²) in [6.45, 7) is 1.86. The van der Waals surface area contributed by atoms with Crippen LogP contribution in [0.4, 0.5) is 5.69 Å². The summed E-state index contributed by atoms with van der Waals surface area (Å²) in [4.78, 5) is 27.6. The molecule has 4 rings (SSSR count). The third-order valence-corrected chi connectivity index (χ3v) is 5.76. The van der Waals surface area contributed by atoms with Crippen LogP contribution in [0.1, 0.15) is 22.7 Å². The van der Waals surface area contributed by atoms with Crippen molar-refractivity contribution in [3.63, 3.8) is 0 Å². The summed E-state index contributed by atoms with van der Waals surface area (Å²) in [5.41, 5.74) is 2.48. The molecular weight excluding hydrogens is 414 g/mol. The van der Waals surface area contributed by atoms with Gasteiger partial charge in [-0.25, -0.2) is 0 Å². The zero-order valence-electron chi connectivity index (χ0n) is 17.0. The number of aliphatic hydroxyl groups excluding tert-OH is 1. The minimum atomic E-state index is -0.815. The van der Waals surface area contributed by atoms with E-state index in [-0.39, 0.29) is 11.3 Å². The molecule has 0 unspecified atom stereocenters. The number of amides is 1. The quantitative estimate of drug-likeness (QED) is 0.345. The smallest absolute Gasteiger partial charge is 0.300 e. The number of Topliss-reactive ketones (excluding diaryl/α,β-unsaturated/α-hetero) is 1. The monoisotopic (exact) mass is 433 g/mol. The second kappa shape index (κ2) is 8.28. The van der Waals surface area contributed by atoms with Gasteiger partial charge in [0.25, 0.3) is 11.7 Å². The van der Waals surface area contributed by atoms with Crippen LogP contribution in [-0.4, -0.2) is 23.9 Å². The highest BCUT2D eigenvalue weighted by Crippen LogP contribution is 2.43. The summed E-state index contributed by atoms with van der Waals surface area (Å²) in [7, 11) is 1.56. The highest BCUT2D eigenvalue weighted by Gasteiger charge is 2.47. The lowest BCUT2D eigenvalue weighted by atomic mass is 9.95. The number of nitrogens with zero attached hydrogens (tertiary/aromatic N) is 1. The standard InChI is InChI=1S/C25H20ClNO4/c1-15-8-11-18(14-20(15)26)27-22(16-9-12-19(31-2)13-10-16)21(24(29)25(27)30)23(28)17-6-4-3-5-7-17/h3-14,22,28H,1-2H3/b23-21+/t22-/m0/s1. The Balaban J connectivity index is 1.94. The third kappa shape index (κ3) is 3.68. The van der Waals surface area contributed by atoms with E-state index in [0.29, 0.717) is 27.6 Å². The molecule has 0 radical (unpaired) electrons. The number of benzene rings is 3. The Kier molecular flexibility index (Phi) is 5.53. The molecule has 3 aromatic rings. The van der Waals surface area contributed by atoms with Crippen molar-refractivity contribution in [1.82, 2.24) is 0 Å². The average molecular weight is 434 g/mol. The summed E-state index contributed by atoms with van der Waals surface area (Å²) in [5.74, 6) is -1.06. The number of hydrogen-bond acceptors (Lipinski definition) is 4. The molecule has 0 aliphatic carbocycles. The molecule has 1 saturated heterocycles. The van der Waals surface area contributed by atoms with Gasteiger partial charge in [0.15, 0.2) is 0 Å². The van der Waals surface area contributed by atoms with Gasteiger partial charge in [-0.2, -0.15) is 0 Å². The van der Waals surface area contributed by atoms with Crippen molar-refractivity contribution >= 4 is 34.7 Å². The molecule has 5 nitrogen and oxygen atoms in total. The molecule has 1 aliphatic heterocycles. The second-order valence-electron chi connectivity index (χ2n) is 7.24. The third-order valence-electron chi connectivity index (χ3n) is 5.36. The van der Waals surface area contributed by atoms with E-state index in [4.69, 9.17) is 16.3 Å². The van der Waals surface area contributed by atoms with E-state index >= 15 is 0 Å². The Hall–Kier alpha value is -3.57. The van der Waals surface area contributed by atoms with Gasteiger partial charge in [0, 0.05) is 16.3 Å². The molecule has 6 heteroatoms. The van der Waals surface area contributed by atoms with Crippen LogP contribution in [0.15, 0.2) is 78.4 Å². The van der Waals surface area contributed by atoms with Crippen molar-refractivity contribution in [2.75, 3.05) is 12.0 Å². The molecule has 1 heterocycles. The Morgan fingerprint density at radius 2 is 1.68 bits per heavy atom.